The van der Waals surface area contributed by atoms with Crippen molar-refractivity contribution < 1.29 is 9.53 Å². The van der Waals surface area contributed by atoms with Gasteiger partial charge in [0.1, 0.15) is 5.69 Å². The molecule has 5 nitrogen and oxygen atoms in total. The Balaban J connectivity index is 2.28. The van der Waals surface area contributed by atoms with Crippen molar-refractivity contribution in [2.45, 2.75) is 19.4 Å². The Bertz CT molecular complexity index is 315. The minimum atomic E-state index is -0.00287. The molecular formula is C8H11N3O2. The first-order valence-electron chi connectivity index (χ1n) is 4.28. The monoisotopic (exact) mass is 181 g/mol. The number of ether oxygens (including phenoxy) is 1. The molecule has 0 amide bonds. The van der Waals surface area contributed by atoms with Gasteiger partial charge in [0.05, 0.1) is 18.8 Å². The predicted octanol–water partition coefficient (Wildman–Crippen LogP) is 0.442. The highest BCUT2D eigenvalue weighted by atomic mass is 16.5. The first-order valence-corrected chi connectivity index (χ1v) is 4.28. The third-order valence-corrected chi connectivity index (χ3v) is 2.19. The van der Waals surface area contributed by atoms with Gasteiger partial charge in [0.2, 0.25) is 0 Å². The number of ketones is 1. The molecule has 0 aromatic carbocycles. The van der Waals surface area contributed by atoms with Crippen LogP contribution >= 0.6 is 0 Å². The van der Waals surface area contributed by atoms with E-state index < -0.39 is 0 Å². The Labute approximate surface area is 75.7 Å². The predicted molar refractivity (Wildman–Crippen MR) is 44.5 cm³/mol. The molecule has 0 bridgehead atoms. The lowest BCUT2D eigenvalue weighted by Crippen LogP contribution is -2.15. The van der Waals surface area contributed by atoms with Crippen LogP contribution in [0.2, 0.25) is 0 Å². The summed E-state index contributed by atoms with van der Waals surface area (Å²) in [6, 6.07) is 0.182. The number of carbonyl (C=O) groups is 1. The molecule has 1 fully saturated rings. The summed E-state index contributed by atoms with van der Waals surface area (Å²) in [5.74, 6) is -0.00287. The first kappa shape index (κ1) is 8.37. The maximum Gasteiger partial charge on any atom is 0.179 e. The minimum absolute atomic E-state index is 0.00287. The van der Waals surface area contributed by atoms with Crippen LogP contribution in [0.1, 0.15) is 29.9 Å². The molecule has 0 spiro atoms. The largest absolute Gasteiger partial charge is 0.379 e. The molecule has 1 unspecified atom stereocenters. The fourth-order valence-electron chi connectivity index (χ4n) is 1.48. The highest BCUT2D eigenvalue weighted by Gasteiger charge is 2.22. The molecular weight excluding hydrogens is 170 g/mol. The minimum Gasteiger partial charge on any atom is -0.379 e. The van der Waals surface area contributed by atoms with Gasteiger partial charge in [-0.05, 0) is 6.42 Å². The molecule has 1 aliphatic rings. The third kappa shape index (κ3) is 1.47. The van der Waals surface area contributed by atoms with Gasteiger partial charge in [-0.25, -0.2) is 4.68 Å². The molecule has 70 valence electrons. The standard InChI is InChI=1S/C8H11N3O2/c1-6(12)8-4-9-10-11(8)7-2-3-13-5-7/h4,7H,2-3,5H2,1H3. The second-order valence-corrected chi connectivity index (χ2v) is 3.14. The van der Waals surface area contributed by atoms with Crippen molar-refractivity contribution in [3.05, 3.63) is 11.9 Å². The number of aromatic nitrogens is 3. The van der Waals surface area contributed by atoms with Crippen molar-refractivity contribution in [2.24, 2.45) is 0 Å². The van der Waals surface area contributed by atoms with E-state index in [0.29, 0.717) is 12.3 Å². The fraction of sp³-hybridized carbons (Fsp3) is 0.625. The first-order chi connectivity index (χ1) is 6.29. The van der Waals surface area contributed by atoms with Crippen molar-refractivity contribution >= 4 is 5.78 Å². The summed E-state index contributed by atoms with van der Waals surface area (Å²) in [5.41, 5.74) is 0.565. The van der Waals surface area contributed by atoms with E-state index in [1.807, 2.05) is 0 Å². The summed E-state index contributed by atoms with van der Waals surface area (Å²) >= 11 is 0. The van der Waals surface area contributed by atoms with Crippen molar-refractivity contribution in [3.63, 3.8) is 0 Å². The lowest BCUT2D eigenvalue weighted by Gasteiger charge is -2.08. The second kappa shape index (κ2) is 3.26. The van der Waals surface area contributed by atoms with Gasteiger partial charge in [0.15, 0.2) is 5.78 Å². The van der Waals surface area contributed by atoms with Gasteiger partial charge in [0, 0.05) is 13.5 Å². The molecule has 1 saturated heterocycles. The number of carbonyl (C=O) groups excluding carboxylic acids is 1. The molecule has 5 heteroatoms. The van der Waals surface area contributed by atoms with E-state index in [1.165, 1.54) is 13.1 Å². The highest BCUT2D eigenvalue weighted by Crippen LogP contribution is 2.19. The van der Waals surface area contributed by atoms with Gasteiger partial charge < -0.3 is 4.74 Å². The van der Waals surface area contributed by atoms with Crippen LogP contribution in [0.4, 0.5) is 0 Å². The van der Waals surface area contributed by atoms with Crippen LogP contribution in [0.15, 0.2) is 6.20 Å². The van der Waals surface area contributed by atoms with Crippen LogP contribution in [-0.4, -0.2) is 34.0 Å². The number of hydrogen-bond donors (Lipinski definition) is 0. The SMILES string of the molecule is CC(=O)c1cnnn1C1CCOC1. The molecule has 0 radical (unpaired) electrons. The summed E-state index contributed by atoms with van der Waals surface area (Å²) in [7, 11) is 0. The zero-order valence-corrected chi connectivity index (χ0v) is 7.43. The quantitative estimate of drug-likeness (QED) is 0.621. The van der Waals surface area contributed by atoms with Crippen molar-refractivity contribution in [3.8, 4) is 0 Å². The molecule has 0 aliphatic carbocycles. The number of rotatable bonds is 2. The third-order valence-electron chi connectivity index (χ3n) is 2.19. The molecule has 1 aromatic rings. The summed E-state index contributed by atoms with van der Waals surface area (Å²) in [6.45, 7) is 2.89. The Morgan fingerprint density at radius 3 is 3.23 bits per heavy atom. The smallest absolute Gasteiger partial charge is 0.179 e. The zero-order chi connectivity index (χ0) is 9.26. The van der Waals surface area contributed by atoms with E-state index in [4.69, 9.17) is 4.74 Å². The van der Waals surface area contributed by atoms with Crippen LogP contribution in [0, 0.1) is 0 Å². The van der Waals surface area contributed by atoms with Crippen LogP contribution in [0.3, 0.4) is 0 Å². The molecule has 2 rings (SSSR count). The molecule has 2 heterocycles. The molecule has 0 N–H and O–H groups in total. The Hall–Kier alpha value is -1.23. The summed E-state index contributed by atoms with van der Waals surface area (Å²) < 4.78 is 6.88. The normalized spacial score (nSPS) is 22.1. The van der Waals surface area contributed by atoms with E-state index in [1.54, 1.807) is 4.68 Å². The average molecular weight is 181 g/mol. The van der Waals surface area contributed by atoms with Crippen LogP contribution < -0.4 is 0 Å². The van der Waals surface area contributed by atoms with Gasteiger partial charge in [-0.2, -0.15) is 0 Å². The van der Waals surface area contributed by atoms with Crippen molar-refractivity contribution in [2.75, 3.05) is 13.2 Å². The van der Waals surface area contributed by atoms with E-state index in [0.717, 1.165) is 13.0 Å². The summed E-state index contributed by atoms with van der Waals surface area (Å²) in [4.78, 5) is 11.1. The van der Waals surface area contributed by atoms with Gasteiger partial charge in [-0.1, -0.05) is 5.21 Å². The molecule has 13 heavy (non-hydrogen) atoms. The maximum absolute atomic E-state index is 11.1. The van der Waals surface area contributed by atoms with E-state index >= 15 is 0 Å². The van der Waals surface area contributed by atoms with E-state index in [2.05, 4.69) is 10.3 Å². The van der Waals surface area contributed by atoms with Crippen LogP contribution in [-0.2, 0) is 4.74 Å². The summed E-state index contributed by atoms with van der Waals surface area (Å²) in [5, 5.41) is 7.61. The van der Waals surface area contributed by atoms with Crippen molar-refractivity contribution in [1.82, 2.24) is 15.0 Å². The van der Waals surface area contributed by atoms with Gasteiger partial charge in [-0.15, -0.1) is 5.10 Å². The maximum atomic E-state index is 11.1. The Kier molecular flexibility index (Phi) is 2.10. The zero-order valence-electron chi connectivity index (χ0n) is 7.43. The van der Waals surface area contributed by atoms with Gasteiger partial charge in [0.25, 0.3) is 0 Å². The second-order valence-electron chi connectivity index (χ2n) is 3.14. The highest BCUT2D eigenvalue weighted by molar-refractivity contribution is 5.91. The van der Waals surface area contributed by atoms with E-state index in [9.17, 15) is 4.79 Å². The molecule has 1 atom stereocenters. The van der Waals surface area contributed by atoms with Crippen LogP contribution in [0.5, 0.6) is 0 Å². The van der Waals surface area contributed by atoms with Gasteiger partial charge >= 0.3 is 0 Å². The Morgan fingerprint density at radius 2 is 2.62 bits per heavy atom. The number of Topliss-reactive ketones (excluding diaryl/α,β-unsaturated/α-hetero) is 1. The molecule has 1 aromatic heterocycles. The lowest BCUT2D eigenvalue weighted by atomic mass is 10.2. The van der Waals surface area contributed by atoms with Gasteiger partial charge in [-0.3, -0.25) is 4.79 Å². The Morgan fingerprint density at radius 1 is 1.77 bits per heavy atom. The average Bonchev–Trinajstić information content (AvgIpc) is 2.74. The number of nitrogens with zero attached hydrogens (tertiary/aromatic N) is 3. The summed E-state index contributed by atoms with van der Waals surface area (Å²) in [6.07, 6.45) is 2.41. The van der Waals surface area contributed by atoms with Crippen molar-refractivity contribution in [1.29, 1.82) is 0 Å². The molecule has 1 aliphatic heterocycles. The van der Waals surface area contributed by atoms with E-state index in [-0.39, 0.29) is 11.8 Å². The molecule has 0 saturated carbocycles. The van der Waals surface area contributed by atoms with Crippen LogP contribution in [0.25, 0.3) is 0 Å². The number of hydrogen-bond acceptors (Lipinski definition) is 4. The fourth-order valence-corrected chi connectivity index (χ4v) is 1.48. The lowest BCUT2D eigenvalue weighted by molar-refractivity contribution is 0.0999. The topological polar surface area (TPSA) is 57.0 Å².